The van der Waals surface area contributed by atoms with Crippen molar-refractivity contribution < 1.29 is 19.5 Å². The van der Waals surface area contributed by atoms with E-state index in [1.807, 2.05) is 5.48 Å². The van der Waals surface area contributed by atoms with Crippen LogP contribution in [0.2, 0.25) is 0 Å². The van der Waals surface area contributed by atoms with Crippen LogP contribution in [0.25, 0.3) is 0 Å². The Morgan fingerprint density at radius 1 is 1.41 bits per heavy atom. The van der Waals surface area contributed by atoms with Gasteiger partial charge in [-0.1, -0.05) is 11.6 Å². The number of carbonyl (C=O) groups is 2. The summed E-state index contributed by atoms with van der Waals surface area (Å²) in [5.41, 5.74) is 3.38. The van der Waals surface area contributed by atoms with E-state index in [4.69, 9.17) is 5.11 Å². The van der Waals surface area contributed by atoms with Crippen molar-refractivity contribution in [1.82, 2.24) is 10.8 Å². The number of hydroxylamine groups is 1. The first-order chi connectivity index (χ1) is 8.18. The highest BCUT2D eigenvalue weighted by Crippen LogP contribution is 2.19. The van der Waals surface area contributed by atoms with E-state index in [9.17, 15) is 9.59 Å². The Morgan fingerprint density at radius 2 is 2.24 bits per heavy atom. The highest BCUT2D eigenvalue weighted by Gasteiger charge is 2.05. The third-order valence-electron chi connectivity index (χ3n) is 2.48. The molecule has 6 heteroatoms. The lowest BCUT2D eigenvalue weighted by molar-refractivity contribution is -0.144. The molecule has 0 radical (unpaired) electrons. The Bertz CT molecular complexity index is 302. The highest BCUT2D eigenvalue weighted by atomic mass is 16.7. The first kappa shape index (κ1) is 13.5. The van der Waals surface area contributed by atoms with E-state index in [0.29, 0.717) is 6.54 Å². The van der Waals surface area contributed by atoms with E-state index in [0.717, 1.165) is 19.3 Å². The van der Waals surface area contributed by atoms with Gasteiger partial charge in [-0.15, -0.1) is 0 Å². The fourth-order valence-corrected chi connectivity index (χ4v) is 1.67. The van der Waals surface area contributed by atoms with Gasteiger partial charge < -0.3 is 10.4 Å². The van der Waals surface area contributed by atoms with Crippen molar-refractivity contribution in [3.8, 4) is 0 Å². The van der Waals surface area contributed by atoms with Gasteiger partial charge in [-0.2, -0.15) is 0 Å². The quantitative estimate of drug-likeness (QED) is 0.482. The molecule has 0 aromatic rings. The van der Waals surface area contributed by atoms with E-state index in [1.54, 1.807) is 0 Å². The summed E-state index contributed by atoms with van der Waals surface area (Å²) in [4.78, 5) is 25.6. The van der Waals surface area contributed by atoms with Crippen molar-refractivity contribution in [2.75, 3.05) is 13.2 Å². The van der Waals surface area contributed by atoms with Gasteiger partial charge in [0.05, 0.1) is 0 Å². The Kier molecular flexibility index (Phi) is 6.09. The molecule has 2 amide bonds. The van der Waals surface area contributed by atoms with Gasteiger partial charge in [0.1, 0.15) is 0 Å². The van der Waals surface area contributed by atoms with Crippen LogP contribution in [0.1, 0.15) is 32.1 Å². The second-order valence-corrected chi connectivity index (χ2v) is 3.90. The molecule has 1 rings (SSSR count). The van der Waals surface area contributed by atoms with Crippen LogP contribution in [0.4, 0.5) is 4.79 Å². The molecule has 0 heterocycles. The number of urea groups is 1. The Balaban J connectivity index is 2.03. The molecule has 0 aliphatic heterocycles. The first-order valence-corrected chi connectivity index (χ1v) is 5.74. The zero-order valence-corrected chi connectivity index (χ0v) is 9.70. The van der Waals surface area contributed by atoms with Crippen LogP contribution < -0.4 is 10.8 Å². The number of amides is 2. The van der Waals surface area contributed by atoms with Crippen LogP contribution in [-0.2, 0) is 9.63 Å². The summed E-state index contributed by atoms with van der Waals surface area (Å²) in [7, 11) is 0. The van der Waals surface area contributed by atoms with Crippen molar-refractivity contribution in [3.05, 3.63) is 11.6 Å². The Morgan fingerprint density at radius 3 is 2.88 bits per heavy atom. The van der Waals surface area contributed by atoms with E-state index < -0.39 is 18.6 Å². The third kappa shape index (κ3) is 6.57. The normalized spacial score (nSPS) is 14.9. The predicted molar refractivity (Wildman–Crippen MR) is 61.3 cm³/mol. The molecular formula is C11H18N2O4. The lowest BCUT2D eigenvalue weighted by Crippen LogP contribution is -2.37. The van der Waals surface area contributed by atoms with Gasteiger partial charge in [-0.3, -0.25) is 4.84 Å². The molecule has 0 fully saturated rings. The van der Waals surface area contributed by atoms with Crippen LogP contribution in [-0.4, -0.2) is 30.3 Å². The van der Waals surface area contributed by atoms with Gasteiger partial charge >= 0.3 is 12.0 Å². The number of nitrogens with one attached hydrogen (secondary N) is 2. The molecule has 0 saturated carbocycles. The SMILES string of the molecule is O=C(O)CONC(=O)NCCC1=CCCCC1. The minimum Gasteiger partial charge on any atom is -0.479 e. The van der Waals surface area contributed by atoms with Crippen molar-refractivity contribution >= 4 is 12.0 Å². The van der Waals surface area contributed by atoms with E-state index in [2.05, 4.69) is 16.2 Å². The number of carboxylic acid groups (broad SMARTS) is 1. The molecule has 1 aliphatic carbocycles. The lowest BCUT2D eigenvalue weighted by atomic mass is 9.97. The summed E-state index contributed by atoms with van der Waals surface area (Å²) in [6, 6.07) is -0.511. The molecule has 0 saturated heterocycles. The molecule has 0 aromatic heterocycles. The number of hydrogen-bond donors (Lipinski definition) is 3. The van der Waals surface area contributed by atoms with E-state index >= 15 is 0 Å². The largest absolute Gasteiger partial charge is 0.479 e. The number of allylic oxidation sites excluding steroid dienone is 1. The lowest BCUT2D eigenvalue weighted by Gasteiger charge is -2.13. The maximum Gasteiger partial charge on any atom is 0.338 e. The van der Waals surface area contributed by atoms with Crippen LogP contribution >= 0.6 is 0 Å². The average molecular weight is 242 g/mol. The van der Waals surface area contributed by atoms with Crippen molar-refractivity contribution in [2.45, 2.75) is 32.1 Å². The minimum atomic E-state index is -1.13. The number of carboxylic acids is 1. The molecular weight excluding hydrogens is 224 g/mol. The summed E-state index contributed by atoms with van der Waals surface area (Å²) in [6.07, 6.45) is 7.78. The topological polar surface area (TPSA) is 87.7 Å². The van der Waals surface area contributed by atoms with Gasteiger partial charge in [0, 0.05) is 6.54 Å². The number of hydrogen-bond acceptors (Lipinski definition) is 3. The molecule has 0 unspecified atom stereocenters. The number of carbonyl (C=O) groups excluding carboxylic acids is 1. The summed E-state index contributed by atoms with van der Waals surface area (Å²) in [5, 5.41) is 10.9. The molecule has 17 heavy (non-hydrogen) atoms. The molecule has 0 bridgehead atoms. The average Bonchev–Trinajstić information content (AvgIpc) is 2.30. The van der Waals surface area contributed by atoms with Crippen molar-refractivity contribution in [1.29, 1.82) is 0 Å². The fourth-order valence-electron chi connectivity index (χ4n) is 1.67. The van der Waals surface area contributed by atoms with E-state index in [-0.39, 0.29) is 0 Å². The Hall–Kier alpha value is -1.56. The molecule has 0 atom stereocenters. The summed E-state index contributed by atoms with van der Waals surface area (Å²) in [6.45, 7) is -0.00727. The van der Waals surface area contributed by atoms with Gasteiger partial charge in [0.2, 0.25) is 0 Å². The van der Waals surface area contributed by atoms with Crippen molar-refractivity contribution in [3.63, 3.8) is 0 Å². The summed E-state index contributed by atoms with van der Waals surface area (Å²) in [5.74, 6) is -1.13. The maximum absolute atomic E-state index is 11.1. The summed E-state index contributed by atoms with van der Waals surface area (Å²) >= 11 is 0. The number of rotatable bonds is 6. The third-order valence-corrected chi connectivity index (χ3v) is 2.48. The van der Waals surface area contributed by atoms with Crippen LogP contribution in [0.15, 0.2) is 11.6 Å². The molecule has 96 valence electrons. The minimum absolute atomic E-state index is 0.511. The first-order valence-electron chi connectivity index (χ1n) is 5.74. The van der Waals surface area contributed by atoms with Gasteiger partial charge in [0.25, 0.3) is 0 Å². The monoisotopic (exact) mass is 242 g/mol. The zero-order chi connectivity index (χ0) is 12.5. The predicted octanol–water partition coefficient (Wildman–Crippen LogP) is 1.19. The smallest absolute Gasteiger partial charge is 0.338 e. The molecule has 3 N–H and O–H groups in total. The zero-order valence-electron chi connectivity index (χ0n) is 9.70. The van der Waals surface area contributed by atoms with Crippen LogP contribution in [0.3, 0.4) is 0 Å². The van der Waals surface area contributed by atoms with Gasteiger partial charge in [-0.25, -0.2) is 15.1 Å². The Labute approximate surface area is 100.0 Å². The van der Waals surface area contributed by atoms with Crippen LogP contribution in [0.5, 0.6) is 0 Å². The second-order valence-electron chi connectivity index (χ2n) is 3.90. The van der Waals surface area contributed by atoms with Crippen LogP contribution in [0, 0.1) is 0 Å². The van der Waals surface area contributed by atoms with Gasteiger partial charge in [0.15, 0.2) is 6.61 Å². The second kappa shape index (κ2) is 7.67. The molecule has 6 nitrogen and oxygen atoms in total. The van der Waals surface area contributed by atoms with Crippen molar-refractivity contribution in [2.24, 2.45) is 0 Å². The molecule has 0 spiro atoms. The number of aliphatic carboxylic acids is 1. The van der Waals surface area contributed by atoms with Gasteiger partial charge in [-0.05, 0) is 32.1 Å². The molecule has 1 aliphatic rings. The fraction of sp³-hybridized carbons (Fsp3) is 0.636. The van der Waals surface area contributed by atoms with E-state index in [1.165, 1.54) is 18.4 Å². The standard InChI is InChI=1S/C11H18N2O4/c14-10(15)8-17-13-11(16)12-7-6-9-4-2-1-3-5-9/h4H,1-3,5-8H2,(H,14,15)(H2,12,13,16). The molecule has 0 aromatic carbocycles. The summed E-state index contributed by atoms with van der Waals surface area (Å²) < 4.78 is 0. The maximum atomic E-state index is 11.1. The highest BCUT2D eigenvalue weighted by molar-refractivity contribution is 5.73.